The van der Waals surface area contributed by atoms with Crippen LogP contribution in [0, 0.1) is 0 Å². The van der Waals surface area contributed by atoms with Gasteiger partial charge in [0.25, 0.3) is 0 Å². The number of nitrogens with zero attached hydrogens (tertiary/aromatic N) is 3. The van der Waals surface area contributed by atoms with Gasteiger partial charge in [-0.2, -0.15) is 0 Å². The SMILES string of the molecule is C=Cc1sc2c(ccc3cc4c5ccccc5n(-c5nc(-c6ccccc6)c6sc7ccccc7c6n5)c4cc32)c1/C=C\C. The Kier molecular flexibility index (Phi) is 5.61. The molecule has 0 aliphatic rings. The summed E-state index contributed by atoms with van der Waals surface area (Å²) < 4.78 is 5.86. The van der Waals surface area contributed by atoms with Gasteiger partial charge in [0.15, 0.2) is 0 Å². The van der Waals surface area contributed by atoms with Crippen LogP contribution in [0.1, 0.15) is 17.4 Å². The smallest absolute Gasteiger partial charge is 0.235 e. The molecule has 9 aromatic rings. The maximum absolute atomic E-state index is 5.35. The second-order valence-corrected chi connectivity index (χ2v) is 13.1. The van der Waals surface area contributed by atoms with Gasteiger partial charge in [0, 0.05) is 46.8 Å². The van der Waals surface area contributed by atoms with Crippen molar-refractivity contribution in [3.63, 3.8) is 0 Å². The zero-order chi connectivity index (χ0) is 29.4. The fourth-order valence-corrected chi connectivity index (χ4v) is 8.88. The van der Waals surface area contributed by atoms with E-state index in [-0.39, 0.29) is 0 Å². The minimum atomic E-state index is 0.685. The third kappa shape index (κ3) is 3.60. The summed E-state index contributed by atoms with van der Waals surface area (Å²) in [6.45, 7) is 6.18. The standard InChI is InChI=1S/C39H25N3S2/c1-3-12-26-27-20-19-24-21-30-25-15-8-10-17-31(25)42(32(30)22-29(24)37(27)43-33(26)4-2)39-40-35(23-13-6-5-7-14-23)38-36(41-39)28-16-9-11-18-34(28)44-38/h3-22H,2H2,1H3/b12-3-. The number of fused-ring (bicyclic) bond motifs is 9. The van der Waals surface area contributed by atoms with E-state index in [9.17, 15) is 0 Å². The largest absolute Gasteiger partial charge is 0.278 e. The number of thiophene rings is 2. The van der Waals surface area contributed by atoms with Crippen LogP contribution in [0.5, 0.6) is 0 Å². The van der Waals surface area contributed by atoms with Crippen molar-refractivity contribution in [2.45, 2.75) is 6.92 Å². The van der Waals surface area contributed by atoms with Gasteiger partial charge in [0.2, 0.25) is 5.95 Å². The fraction of sp³-hybridized carbons (Fsp3) is 0.0256. The van der Waals surface area contributed by atoms with Crippen LogP contribution in [0.3, 0.4) is 0 Å². The van der Waals surface area contributed by atoms with E-state index in [1.165, 1.54) is 46.8 Å². The summed E-state index contributed by atoms with van der Waals surface area (Å²) >= 11 is 3.57. The molecule has 0 N–H and O–H groups in total. The van der Waals surface area contributed by atoms with Crippen molar-refractivity contribution >= 4 is 97.8 Å². The lowest BCUT2D eigenvalue weighted by molar-refractivity contribution is 1.02. The fourth-order valence-electron chi connectivity index (χ4n) is 6.56. The van der Waals surface area contributed by atoms with Gasteiger partial charge in [0.1, 0.15) is 0 Å². The van der Waals surface area contributed by atoms with Gasteiger partial charge in [-0.15, -0.1) is 22.7 Å². The van der Waals surface area contributed by atoms with Gasteiger partial charge in [-0.1, -0.05) is 104 Å². The first-order valence-electron chi connectivity index (χ1n) is 14.7. The topological polar surface area (TPSA) is 30.7 Å². The van der Waals surface area contributed by atoms with E-state index in [2.05, 4.69) is 133 Å². The molecule has 0 bridgehead atoms. The number of hydrogen-bond donors (Lipinski definition) is 0. The maximum atomic E-state index is 5.35. The molecule has 5 aromatic carbocycles. The van der Waals surface area contributed by atoms with E-state index in [0.29, 0.717) is 5.95 Å². The van der Waals surface area contributed by atoms with Crippen molar-refractivity contribution in [3.8, 4) is 17.2 Å². The summed E-state index contributed by atoms with van der Waals surface area (Å²) in [6, 6.07) is 36.8. The van der Waals surface area contributed by atoms with Crippen molar-refractivity contribution in [1.82, 2.24) is 14.5 Å². The summed E-state index contributed by atoms with van der Waals surface area (Å²) in [6.07, 6.45) is 6.27. The molecule has 0 aliphatic carbocycles. The van der Waals surface area contributed by atoms with E-state index < -0.39 is 0 Å². The van der Waals surface area contributed by atoms with Crippen LogP contribution in [0.2, 0.25) is 0 Å². The van der Waals surface area contributed by atoms with E-state index >= 15 is 0 Å². The highest BCUT2D eigenvalue weighted by Gasteiger charge is 2.21. The molecule has 0 fully saturated rings. The van der Waals surface area contributed by atoms with Gasteiger partial charge in [-0.25, -0.2) is 9.97 Å². The molecule has 0 radical (unpaired) electrons. The maximum Gasteiger partial charge on any atom is 0.235 e. The number of aromatic nitrogens is 3. The van der Waals surface area contributed by atoms with Crippen LogP contribution in [-0.2, 0) is 0 Å². The van der Waals surface area contributed by atoms with Gasteiger partial charge in [0.05, 0.1) is 26.9 Å². The van der Waals surface area contributed by atoms with Gasteiger partial charge in [-0.05, 0) is 42.1 Å². The Morgan fingerprint density at radius 1 is 0.682 bits per heavy atom. The molecular formula is C39H25N3S2. The van der Waals surface area contributed by atoms with Crippen LogP contribution >= 0.6 is 22.7 Å². The molecule has 0 unspecified atom stereocenters. The monoisotopic (exact) mass is 599 g/mol. The van der Waals surface area contributed by atoms with Gasteiger partial charge in [-0.3, -0.25) is 4.57 Å². The molecule has 9 rings (SSSR count). The second kappa shape index (κ2) is 9.71. The number of para-hydroxylation sites is 1. The highest BCUT2D eigenvalue weighted by Crippen LogP contribution is 2.43. The quantitative estimate of drug-likeness (QED) is 0.201. The number of hydrogen-bond acceptors (Lipinski definition) is 4. The Labute approximate surface area is 261 Å². The molecule has 208 valence electrons. The molecule has 4 aromatic heterocycles. The van der Waals surface area contributed by atoms with Gasteiger partial charge >= 0.3 is 0 Å². The van der Waals surface area contributed by atoms with Crippen molar-refractivity contribution in [1.29, 1.82) is 0 Å². The molecule has 0 amide bonds. The Balaban J connectivity index is 1.43. The molecule has 0 saturated heterocycles. The normalized spacial score (nSPS) is 12.2. The Morgan fingerprint density at radius 3 is 2.32 bits per heavy atom. The first kappa shape index (κ1) is 25.4. The zero-order valence-electron chi connectivity index (χ0n) is 23.9. The molecule has 5 heteroatoms. The Morgan fingerprint density at radius 2 is 1.48 bits per heavy atom. The highest BCUT2D eigenvalue weighted by molar-refractivity contribution is 7.26. The van der Waals surface area contributed by atoms with E-state index in [0.717, 1.165) is 37.9 Å². The highest BCUT2D eigenvalue weighted by atomic mass is 32.1. The predicted octanol–water partition coefficient (Wildman–Crippen LogP) is 11.7. The second-order valence-electron chi connectivity index (χ2n) is 11.0. The minimum absolute atomic E-state index is 0.685. The summed E-state index contributed by atoms with van der Waals surface area (Å²) in [5.41, 5.74) is 6.48. The van der Waals surface area contributed by atoms with E-state index in [1.807, 2.05) is 6.08 Å². The van der Waals surface area contributed by atoms with Crippen LogP contribution < -0.4 is 0 Å². The van der Waals surface area contributed by atoms with Crippen LogP contribution in [-0.4, -0.2) is 14.5 Å². The number of benzene rings is 5. The summed E-state index contributed by atoms with van der Waals surface area (Å²) in [5.74, 6) is 0.685. The molecule has 0 aliphatic heterocycles. The molecule has 0 spiro atoms. The molecule has 0 saturated carbocycles. The third-order valence-electron chi connectivity index (χ3n) is 8.50. The zero-order valence-corrected chi connectivity index (χ0v) is 25.5. The van der Waals surface area contributed by atoms with Crippen LogP contribution in [0.15, 0.2) is 116 Å². The van der Waals surface area contributed by atoms with Crippen LogP contribution in [0.25, 0.3) is 92.3 Å². The molecular weight excluding hydrogens is 575 g/mol. The summed E-state index contributed by atoms with van der Waals surface area (Å²) in [7, 11) is 0. The van der Waals surface area contributed by atoms with Gasteiger partial charge < -0.3 is 0 Å². The summed E-state index contributed by atoms with van der Waals surface area (Å²) in [5, 5.41) is 7.26. The molecule has 44 heavy (non-hydrogen) atoms. The minimum Gasteiger partial charge on any atom is -0.278 e. The van der Waals surface area contributed by atoms with E-state index in [1.54, 1.807) is 22.7 Å². The van der Waals surface area contributed by atoms with Crippen molar-refractivity contribution in [2.24, 2.45) is 0 Å². The van der Waals surface area contributed by atoms with E-state index in [4.69, 9.17) is 9.97 Å². The first-order chi connectivity index (χ1) is 21.7. The lowest BCUT2D eigenvalue weighted by Crippen LogP contribution is -2.02. The predicted molar refractivity (Wildman–Crippen MR) is 192 cm³/mol. The lowest BCUT2D eigenvalue weighted by atomic mass is 10.0. The summed E-state index contributed by atoms with van der Waals surface area (Å²) in [4.78, 5) is 11.9. The Hall–Kier alpha value is -5.10. The lowest BCUT2D eigenvalue weighted by Gasteiger charge is -2.10. The average molecular weight is 600 g/mol. The first-order valence-corrected chi connectivity index (χ1v) is 16.3. The molecule has 4 heterocycles. The molecule has 3 nitrogen and oxygen atoms in total. The van der Waals surface area contributed by atoms with Crippen molar-refractivity contribution in [3.05, 3.63) is 126 Å². The average Bonchev–Trinajstić information content (AvgIpc) is 3.73. The molecule has 0 atom stereocenters. The van der Waals surface area contributed by atoms with Crippen LogP contribution in [0.4, 0.5) is 0 Å². The Bertz CT molecular complexity index is 2630. The van der Waals surface area contributed by atoms with Crippen molar-refractivity contribution in [2.75, 3.05) is 0 Å². The van der Waals surface area contributed by atoms with Crippen molar-refractivity contribution < 1.29 is 0 Å². The number of rotatable bonds is 4. The number of allylic oxidation sites excluding steroid dienone is 1. The third-order valence-corrected chi connectivity index (χ3v) is 10.9.